The Bertz CT molecular complexity index is 1260. The third-order valence-corrected chi connectivity index (χ3v) is 6.02. The van der Waals surface area contributed by atoms with Crippen LogP contribution in [-0.4, -0.2) is 73.3 Å². The van der Waals surface area contributed by atoms with Gasteiger partial charge in [0.2, 0.25) is 11.7 Å². The van der Waals surface area contributed by atoms with E-state index in [1.807, 2.05) is 36.9 Å². The number of carbonyl (C=O) groups is 1. The number of benzene rings is 1. The lowest BCUT2D eigenvalue weighted by molar-refractivity contribution is -0.126. The van der Waals surface area contributed by atoms with Gasteiger partial charge in [-0.05, 0) is 55.3 Å². The van der Waals surface area contributed by atoms with E-state index in [2.05, 4.69) is 25.2 Å². The van der Waals surface area contributed by atoms with E-state index in [0.717, 1.165) is 22.8 Å². The molecule has 0 radical (unpaired) electrons. The first-order valence-electron chi connectivity index (χ1n) is 12.0. The van der Waals surface area contributed by atoms with Crippen LogP contribution < -0.4 is 24.4 Å². The Morgan fingerprint density at radius 2 is 1.62 bits per heavy atom. The minimum atomic E-state index is -0.0554. The minimum absolute atomic E-state index is 0.0554. The van der Waals surface area contributed by atoms with Crippen molar-refractivity contribution in [3.63, 3.8) is 0 Å². The second kappa shape index (κ2) is 11.6. The van der Waals surface area contributed by atoms with E-state index >= 15 is 0 Å². The van der Waals surface area contributed by atoms with Crippen molar-refractivity contribution < 1.29 is 19.0 Å². The molecule has 1 aliphatic rings. The van der Waals surface area contributed by atoms with Gasteiger partial charge in [0.25, 0.3) is 0 Å². The molecule has 2 aromatic heterocycles. The molecule has 1 N–H and O–H groups in total. The van der Waals surface area contributed by atoms with E-state index in [4.69, 9.17) is 14.2 Å². The second-order valence-corrected chi connectivity index (χ2v) is 8.61. The highest BCUT2D eigenvalue weighted by atomic mass is 16.5. The molecule has 10 heteroatoms. The van der Waals surface area contributed by atoms with Gasteiger partial charge < -0.3 is 29.3 Å². The van der Waals surface area contributed by atoms with Gasteiger partial charge in [-0.15, -0.1) is 0 Å². The summed E-state index contributed by atoms with van der Waals surface area (Å²) in [7, 11) is 4.68. The smallest absolute Gasteiger partial charge is 0.246 e. The predicted octanol–water partition coefficient (Wildman–Crippen LogP) is 3.62. The summed E-state index contributed by atoms with van der Waals surface area (Å²) < 4.78 is 16.1. The largest absolute Gasteiger partial charge is 0.493 e. The van der Waals surface area contributed by atoms with Crippen molar-refractivity contribution >= 4 is 29.4 Å². The van der Waals surface area contributed by atoms with Crippen molar-refractivity contribution in [3.05, 3.63) is 59.6 Å². The highest BCUT2D eigenvalue weighted by Gasteiger charge is 2.21. The molecule has 3 aromatic rings. The SMILES string of the molecule is COc1cc(/C=C/C(=O)N2CCN(c3cc(Nc4cc(C)ccn4)nc(C)n3)CC2)cc(OC)c1OC. The molecule has 37 heavy (non-hydrogen) atoms. The first-order valence-corrected chi connectivity index (χ1v) is 12.0. The van der Waals surface area contributed by atoms with Crippen LogP contribution in [0, 0.1) is 13.8 Å². The van der Waals surface area contributed by atoms with Crippen LogP contribution in [0.2, 0.25) is 0 Å². The molecule has 1 saturated heterocycles. The van der Waals surface area contributed by atoms with Crippen LogP contribution in [0.3, 0.4) is 0 Å². The zero-order chi connectivity index (χ0) is 26.4. The lowest BCUT2D eigenvalue weighted by atomic mass is 10.1. The van der Waals surface area contributed by atoms with Gasteiger partial charge in [-0.1, -0.05) is 0 Å². The van der Waals surface area contributed by atoms with Crippen LogP contribution in [-0.2, 0) is 4.79 Å². The van der Waals surface area contributed by atoms with Crippen molar-refractivity contribution in [2.75, 3.05) is 57.7 Å². The number of methoxy groups -OCH3 is 3. The van der Waals surface area contributed by atoms with E-state index < -0.39 is 0 Å². The summed E-state index contributed by atoms with van der Waals surface area (Å²) >= 11 is 0. The molecule has 1 aliphatic heterocycles. The molecule has 0 saturated carbocycles. The number of ether oxygens (including phenoxy) is 3. The molecule has 194 valence electrons. The van der Waals surface area contributed by atoms with Crippen molar-refractivity contribution in [3.8, 4) is 17.2 Å². The first kappa shape index (κ1) is 25.7. The molecule has 3 heterocycles. The fourth-order valence-corrected chi connectivity index (χ4v) is 4.14. The molecule has 0 spiro atoms. The number of hydrogen-bond donors (Lipinski definition) is 1. The molecule has 1 amide bonds. The number of piperazine rings is 1. The first-order chi connectivity index (χ1) is 17.9. The number of pyridine rings is 1. The minimum Gasteiger partial charge on any atom is -0.493 e. The van der Waals surface area contributed by atoms with Gasteiger partial charge in [0.15, 0.2) is 11.5 Å². The Labute approximate surface area is 216 Å². The summed E-state index contributed by atoms with van der Waals surface area (Å²) in [5, 5.41) is 3.26. The normalized spacial score (nSPS) is 13.5. The van der Waals surface area contributed by atoms with E-state index in [0.29, 0.717) is 55.1 Å². The average molecular weight is 505 g/mol. The Hall–Kier alpha value is -4.34. The summed E-state index contributed by atoms with van der Waals surface area (Å²) in [6, 6.07) is 9.44. The van der Waals surface area contributed by atoms with Crippen LogP contribution >= 0.6 is 0 Å². The molecule has 0 unspecified atom stereocenters. The Morgan fingerprint density at radius 1 is 0.919 bits per heavy atom. The van der Waals surface area contributed by atoms with Gasteiger partial charge in [-0.25, -0.2) is 15.0 Å². The summed E-state index contributed by atoms with van der Waals surface area (Å²) in [4.78, 5) is 30.3. The van der Waals surface area contributed by atoms with Gasteiger partial charge in [0.1, 0.15) is 23.3 Å². The number of hydrogen-bond acceptors (Lipinski definition) is 9. The molecule has 10 nitrogen and oxygen atoms in total. The highest BCUT2D eigenvalue weighted by molar-refractivity contribution is 5.92. The molecule has 0 bridgehead atoms. The third kappa shape index (κ3) is 6.27. The number of amides is 1. The Kier molecular flexibility index (Phi) is 8.07. The monoisotopic (exact) mass is 504 g/mol. The van der Waals surface area contributed by atoms with Gasteiger partial charge in [0.05, 0.1) is 21.3 Å². The number of nitrogens with zero attached hydrogens (tertiary/aromatic N) is 5. The zero-order valence-electron chi connectivity index (χ0n) is 21.8. The van der Waals surface area contributed by atoms with Crippen molar-refractivity contribution in [1.29, 1.82) is 0 Å². The maximum absolute atomic E-state index is 12.9. The average Bonchev–Trinajstić information content (AvgIpc) is 2.90. The molecule has 4 rings (SSSR count). The molecule has 1 aromatic carbocycles. The summed E-state index contributed by atoms with van der Waals surface area (Å²) in [5.74, 6) is 4.44. The molecule has 1 fully saturated rings. The Balaban J connectivity index is 1.39. The highest BCUT2D eigenvalue weighted by Crippen LogP contribution is 2.38. The van der Waals surface area contributed by atoms with E-state index in [9.17, 15) is 4.79 Å². The standard InChI is InChI=1S/C27H32N6O4/c1-18-8-9-28-23(14-18)31-24-17-25(30-19(2)29-24)32-10-12-33(13-11-32)26(34)7-6-20-15-21(35-3)27(37-5)22(16-20)36-4/h6-9,14-17H,10-13H2,1-5H3,(H,28,29,30,31)/b7-6+. The van der Waals surface area contributed by atoms with Crippen LogP contribution in [0.1, 0.15) is 17.0 Å². The lowest BCUT2D eigenvalue weighted by Gasteiger charge is -2.35. The number of anilines is 3. The topological polar surface area (TPSA) is 102 Å². The van der Waals surface area contributed by atoms with E-state index in [1.54, 1.807) is 51.8 Å². The van der Waals surface area contributed by atoms with Crippen LogP contribution in [0.4, 0.5) is 17.5 Å². The summed E-state index contributed by atoms with van der Waals surface area (Å²) in [5.41, 5.74) is 1.89. The fraction of sp³-hybridized carbons (Fsp3) is 0.333. The Morgan fingerprint density at radius 3 is 2.24 bits per heavy atom. The van der Waals surface area contributed by atoms with E-state index in [-0.39, 0.29) is 5.91 Å². The van der Waals surface area contributed by atoms with Gasteiger partial charge in [-0.3, -0.25) is 4.79 Å². The van der Waals surface area contributed by atoms with Crippen LogP contribution in [0.15, 0.2) is 42.6 Å². The second-order valence-electron chi connectivity index (χ2n) is 8.61. The number of carbonyl (C=O) groups excluding carboxylic acids is 1. The predicted molar refractivity (Wildman–Crippen MR) is 143 cm³/mol. The van der Waals surface area contributed by atoms with Crippen molar-refractivity contribution in [2.24, 2.45) is 0 Å². The number of rotatable bonds is 8. The number of aryl methyl sites for hydroxylation is 2. The summed E-state index contributed by atoms with van der Waals surface area (Å²) in [6.45, 7) is 6.40. The number of aromatic nitrogens is 3. The molecular formula is C27H32N6O4. The fourth-order valence-electron chi connectivity index (χ4n) is 4.14. The third-order valence-electron chi connectivity index (χ3n) is 6.02. The number of nitrogens with one attached hydrogen (secondary N) is 1. The molecular weight excluding hydrogens is 472 g/mol. The van der Waals surface area contributed by atoms with E-state index in [1.165, 1.54) is 0 Å². The van der Waals surface area contributed by atoms with Crippen molar-refractivity contribution in [1.82, 2.24) is 19.9 Å². The van der Waals surface area contributed by atoms with Crippen molar-refractivity contribution in [2.45, 2.75) is 13.8 Å². The zero-order valence-corrected chi connectivity index (χ0v) is 21.8. The summed E-state index contributed by atoms with van der Waals surface area (Å²) in [6.07, 6.45) is 5.09. The lowest BCUT2D eigenvalue weighted by Crippen LogP contribution is -2.48. The maximum Gasteiger partial charge on any atom is 0.246 e. The van der Waals surface area contributed by atoms with Crippen LogP contribution in [0.5, 0.6) is 17.2 Å². The van der Waals surface area contributed by atoms with Gasteiger partial charge in [-0.2, -0.15) is 0 Å². The molecule has 0 aliphatic carbocycles. The molecule has 0 atom stereocenters. The van der Waals surface area contributed by atoms with Gasteiger partial charge in [0, 0.05) is 44.5 Å². The quantitative estimate of drug-likeness (QED) is 0.461. The van der Waals surface area contributed by atoms with Gasteiger partial charge >= 0.3 is 0 Å². The van der Waals surface area contributed by atoms with Crippen LogP contribution in [0.25, 0.3) is 6.08 Å². The maximum atomic E-state index is 12.9.